The lowest BCUT2D eigenvalue weighted by molar-refractivity contribution is -0.138. The lowest BCUT2D eigenvalue weighted by atomic mass is 10.1. The Hall–Kier alpha value is -1.14. The Morgan fingerprint density at radius 3 is 1.70 bits per heavy atom. The molecule has 4 N–H and O–H groups in total. The lowest BCUT2D eigenvalue weighted by Crippen LogP contribution is -2.00. The number of rotatable bonds is 11. The lowest BCUT2D eigenvalue weighted by Gasteiger charge is -2.00. The van der Waals surface area contributed by atoms with Crippen LogP contribution in [0.15, 0.2) is 0 Å². The SMILES string of the molecule is CC(O)CCCCC(=O)O.O=C(O)CCCCCCO. The topological polar surface area (TPSA) is 115 Å². The minimum atomic E-state index is -0.759. The van der Waals surface area contributed by atoms with Gasteiger partial charge in [-0.1, -0.05) is 19.3 Å². The maximum atomic E-state index is 9.98. The van der Waals surface area contributed by atoms with Crippen LogP contribution in [0.4, 0.5) is 0 Å². The maximum absolute atomic E-state index is 9.98. The van der Waals surface area contributed by atoms with E-state index in [9.17, 15) is 9.59 Å². The number of aliphatic carboxylic acids is 2. The van der Waals surface area contributed by atoms with Gasteiger partial charge in [-0.25, -0.2) is 0 Å². The second-order valence-corrected chi connectivity index (χ2v) is 4.77. The van der Waals surface area contributed by atoms with Crippen LogP contribution in [0.5, 0.6) is 0 Å². The van der Waals surface area contributed by atoms with Gasteiger partial charge in [0, 0.05) is 19.4 Å². The highest BCUT2D eigenvalue weighted by Gasteiger charge is 1.98. The number of hydrogen-bond acceptors (Lipinski definition) is 4. The molecule has 0 spiro atoms. The quantitative estimate of drug-likeness (QED) is 0.433. The second kappa shape index (κ2) is 15.9. The third-order valence-corrected chi connectivity index (χ3v) is 2.56. The Balaban J connectivity index is 0. The van der Waals surface area contributed by atoms with Gasteiger partial charge in [0.2, 0.25) is 0 Å². The smallest absolute Gasteiger partial charge is 0.303 e. The van der Waals surface area contributed by atoms with Gasteiger partial charge < -0.3 is 20.4 Å². The molecule has 0 fully saturated rings. The molecular weight excluding hydrogens is 264 g/mol. The summed E-state index contributed by atoms with van der Waals surface area (Å²) in [7, 11) is 0. The monoisotopic (exact) mass is 292 g/mol. The molecule has 0 aliphatic rings. The molecule has 0 saturated carbocycles. The fourth-order valence-corrected chi connectivity index (χ4v) is 1.46. The average molecular weight is 292 g/mol. The van der Waals surface area contributed by atoms with Crippen molar-refractivity contribution in [2.45, 2.75) is 70.8 Å². The molecule has 0 radical (unpaired) electrons. The number of aliphatic hydroxyl groups is 2. The summed E-state index contributed by atoms with van der Waals surface area (Å²) < 4.78 is 0. The third-order valence-electron chi connectivity index (χ3n) is 2.56. The number of carboxylic acid groups (broad SMARTS) is 2. The first-order valence-corrected chi connectivity index (χ1v) is 7.12. The molecular formula is C14H28O6. The summed E-state index contributed by atoms with van der Waals surface area (Å²) in [5, 5.41) is 33.6. The molecule has 1 atom stereocenters. The third kappa shape index (κ3) is 25.6. The zero-order valence-electron chi connectivity index (χ0n) is 12.3. The van der Waals surface area contributed by atoms with Crippen LogP contribution in [0.1, 0.15) is 64.7 Å². The molecule has 0 amide bonds. The zero-order valence-corrected chi connectivity index (χ0v) is 12.3. The molecule has 0 bridgehead atoms. The summed E-state index contributed by atoms with van der Waals surface area (Å²) in [6.45, 7) is 1.92. The summed E-state index contributed by atoms with van der Waals surface area (Å²) in [5.41, 5.74) is 0. The van der Waals surface area contributed by atoms with E-state index >= 15 is 0 Å². The van der Waals surface area contributed by atoms with Crippen LogP contribution in [-0.2, 0) is 9.59 Å². The van der Waals surface area contributed by atoms with Crippen molar-refractivity contribution < 1.29 is 30.0 Å². The van der Waals surface area contributed by atoms with E-state index in [4.69, 9.17) is 20.4 Å². The number of aliphatic hydroxyl groups excluding tert-OH is 2. The second-order valence-electron chi connectivity index (χ2n) is 4.77. The van der Waals surface area contributed by atoms with Gasteiger partial charge in [-0.2, -0.15) is 0 Å². The number of carbonyl (C=O) groups is 2. The summed E-state index contributed by atoms with van der Waals surface area (Å²) >= 11 is 0. The van der Waals surface area contributed by atoms with Gasteiger partial charge in [0.1, 0.15) is 0 Å². The summed E-state index contributed by atoms with van der Waals surface area (Å²) in [4.78, 5) is 20.0. The van der Waals surface area contributed by atoms with Crippen molar-refractivity contribution in [3.05, 3.63) is 0 Å². The van der Waals surface area contributed by atoms with Crippen LogP contribution < -0.4 is 0 Å². The predicted molar refractivity (Wildman–Crippen MR) is 75.6 cm³/mol. The van der Waals surface area contributed by atoms with E-state index in [0.717, 1.165) is 32.1 Å². The van der Waals surface area contributed by atoms with E-state index in [2.05, 4.69) is 0 Å². The van der Waals surface area contributed by atoms with Crippen LogP contribution in [0.25, 0.3) is 0 Å². The van der Waals surface area contributed by atoms with E-state index in [1.165, 1.54) is 0 Å². The van der Waals surface area contributed by atoms with Gasteiger partial charge in [-0.05, 0) is 32.6 Å². The number of unbranched alkanes of at least 4 members (excludes halogenated alkanes) is 4. The first kappa shape index (κ1) is 21.2. The molecule has 0 aliphatic carbocycles. The Labute approximate surface area is 120 Å². The van der Waals surface area contributed by atoms with E-state index in [1.807, 2.05) is 0 Å². The minimum Gasteiger partial charge on any atom is -0.481 e. The van der Waals surface area contributed by atoms with Gasteiger partial charge in [0.25, 0.3) is 0 Å². The summed E-state index contributed by atoms with van der Waals surface area (Å²) in [5.74, 6) is -1.49. The van der Waals surface area contributed by atoms with E-state index in [-0.39, 0.29) is 25.6 Å². The molecule has 6 nitrogen and oxygen atoms in total. The highest BCUT2D eigenvalue weighted by Crippen LogP contribution is 2.02. The largest absolute Gasteiger partial charge is 0.481 e. The van der Waals surface area contributed by atoms with Crippen LogP contribution in [0.2, 0.25) is 0 Å². The van der Waals surface area contributed by atoms with Crippen LogP contribution in [-0.4, -0.2) is 45.1 Å². The Morgan fingerprint density at radius 1 is 0.850 bits per heavy atom. The molecule has 120 valence electrons. The molecule has 0 aromatic heterocycles. The molecule has 20 heavy (non-hydrogen) atoms. The first-order valence-electron chi connectivity index (χ1n) is 7.12. The van der Waals surface area contributed by atoms with Gasteiger partial charge in [0.15, 0.2) is 0 Å². The van der Waals surface area contributed by atoms with Crippen molar-refractivity contribution in [1.29, 1.82) is 0 Å². The van der Waals surface area contributed by atoms with Crippen LogP contribution in [0, 0.1) is 0 Å². The Bertz CT molecular complexity index is 240. The highest BCUT2D eigenvalue weighted by molar-refractivity contribution is 5.66. The highest BCUT2D eigenvalue weighted by atomic mass is 16.4. The van der Waals surface area contributed by atoms with Gasteiger partial charge in [0.05, 0.1) is 6.10 Å². The fraction of sp³-hybridized carbons (Fsp3) is 0.857. The van der Waals surface area contributed by atoms with Gasteiger partial charge in [-0.3, -0.25) is 9.59 Å². The van der Waals surface area contributed by atoms with E-state index in [0.29, 0.717) is 12.8 Å². The van der Waals surface area contributed by atoms with Crippen molar-refractivity contribution in [2.24, 2.45) is 0 Å². The molecule has 0 saturated heterocycles. The van der Waals surface area contributed by atoms with Gasteiger partial charge >= 0.3 is 11.9 Å². The zero-order chi connectivity index (χ0) is 15.8. The molecule has 0 rings (SSSR count). The first-order chi connectivity index (χ1) is 9.40. The Kier molecular flexibility index (Phi) is 16.8. The van der Waals surface area contributed by atoms with Crippen molar-refractivity contribution in [1.82, 2.24) is 0 Å². The van der Waals surface area contributed by atoms with Crippen molar-refractivity contribution in [2.75, 3.05) is 6.61 Å². The molecule has 0 heterocycles. The number of carboxylic acids is 2. The normalized spacial score (nSPS) is 11.3. The van der Waals surface area contributed by atoms with E-state index < -0.39 is 11.9 Å². The molecule has 6 heteroatoms. The molecule has 0 aromatic rings. The average Bonchev–Trinajstić information content (AvgIpc) is 2.34. The predicted octanol–water partition coefficient (Wildman–Crippen LogP) is 2.03. The Morgan fingerprint density at radius 2 is 1.30 bits per heavy atom. The maximum Gasteiger partial charge on any atom is 0.303 e. The van der Waals surface area contributed by atoms with Crippen molar-refractivity contribution >= 4 is 11.9 Å². The molecule has 0 aromatic carbocycles. The molecule has 0 aliphatic heterocycles. The summed E-state index contributed by atoms with van der Waals surface area (Å²) in [6.07, 6.45) is 5.70. The standard InChI is InChI=1S/2C7H14O3/c1-6(8)4-2-3-5-7(9)10;8-6-4-2-1-3-5-7(9)10/h6,8H,2-5H2,1H3,(H,9,10);8H,1-6H2,(H,9,10). The number of hydrogen-bond donors (Lipinski definition) is 4. The van der Waals surface area contributed by atoms with Crippen molar-refractivity contribution in [3.8, 4) is 0 Å². The van der Waals surface area contributed by atoms with E-state index in [1.54, 1.807) is 6.92 Å². The minimum absolute atomic E-state index is 0.215. The summed E-state index contributed by atoms with van der Waals surface area (Å²) in [6, 6.07) is 0. The van der Waals surface area contributed by atoms with Crippen LogP contribution >= 0.6 is 0 Å². The fourth-order valence-electron chi connectivity index (χ4n) is 1.46. The molecule has 1 unspecified atom stereocenters. The van der Waals surface area contributed by atoms with Crippen LogP contribution in [0.3, 0.4) is 0 Å². The van der Waals surface area contributed by atoms with Crippen molar-refractivity contribution in [3.63, 3.8) is 0 Å². The van der Waals surface area contributed by atoms with Gasteiger partial charge in [-0.15, -0.1) is 0 Å².